The van der Waals surface area contributed by atoms with E-state index in [1.807, 2.05) is 30.3 Å². The molecule has 0 atom stereocenters. The summed E-state index contributed by atoms with van der Waals surface area (Å²) >= 11 is 0. The minimum atomic E-state index is 0. The zero-order valence-corrected chi connectivity index (χ0v) is 7.87. The Morgan fingerprint density at radius 3 is 2.40 bits per heavy atom. The van der Waals surface area contributed by atoms with Gasteiger partial charge < -0.3 is 6.74 Å². The minimum Gasteiger partial charge on any atom is -1.00 e. The van der Waals surface area contributed by atoms with Crippen molar-refractivity contribution in [3.8, 4) is 0 Å². The molecule has 0 aromatic heterocycles. The number of nitrogens with one attached hydrogen (secondary N) is 1. The largest absolute Gasteiger partial charge is 1.00 e. The summed E-state index contributed by atoms with van der Waals surface area (Å²) < 4.78 is 0. The Kier molecular flexibility index (Phi) is 5.30. The maximum Gasteiger partial charge on any atom is 1.00 e. The van der Waals surface area contributed by atoms with E-state index >= 15 is 0 Å². The summed E-state index contributed by atoms with van der Waals surface area (Å²) in [6.07, 6.45) is 0.662. The van der Waals surface area contributed by atoms with Crippen molar-refractivity contribution in [3.05, 3.63) is 30.3 Å². The van der Waals surface area contributed by atoms with Crippen molar-refractivity contribution >= 4 is 12.1 Å². The number of carbonyl (C=O) groups excluding carboxylic acids is 1. The van der Waals surface area contributed by atoms with E-state index in [0.717, 1.165) is 5.69 Å². The topological polar surface area (TPSA) is 29.1 Å². The van der Waals surface area contributed by atoms with E-state index in [9.17, 15) is 4.79 Å². The molecular formula is C7H8NNaO. The molecule has 0 aliphatic carbocycles. The molecule has 0 bridgehead atoms. The monoisotopic (exact) mass is 145 g/mol. The van der Waals surface area contributed by atoms with Gasteiger partial charge in [-0.1, -0.05) is 18.2 Å². The van der Waals surface area contributed by atoms with E-state index in [4.69, 9.17) is 0 Å². The molecule has 0 fully saturated rings. The van der Waals surface area contributed by atoms with Gasteiger partial charge in [0.05, 0.1) is 0 Å². The van der Waals surface area contributed by atoms with E-state index in [2.05, 4.69) is 5.32 Å². The van der Waals surface area contributed by atoms with Crippen molar-refractivity contribution in [2.24, 2.45) is 0 Å². The van der Waals surface area contributed by atoms with Crippen LogP contribution in [0.5, 0.6) is 0 Å². The molecule has 1 amide bonds. The van der Waals surface area contributed by atoms with Crippen molar-refractivity contribution in [3.63, 3.8) is 0 Å². The maximum atomic E-state index is 9.86. The van der Waals surface area contributed by atoms with Crippen LogP contribution in [-0.4, -0.2) is 6.41 Å². The van der Waals surface area contributed by atoms with Gasteiger partial charge in [-0.3, -0.25) is 4.79 Å². The molecule has 0 radical (unpaired) electrons. The molecule has 3 heteroatoms. The zero-order valence-electron chi connectivity index (χ0n) is 6.87. The van der Waals surface area contributed by atoms with Gasteiger partial charge in [-0.05, 0) is 12.1 Å². The predicted molar refractivity (Wildman–Crippen MR) is 37.2 cm³/mol. The molecule has 0 saturated heterocycles. The number of rotatable bonds is 2. The Balaban J connectivity index is 0. The van der Waals surface area contributed by atoms with Crippen LogP contribution in [0.25, 0.3) is 0 Å². The van der Waals surface area contributed by atoms with Gasteiger partial charge >= 0.3 is 29.6 Å². The molecule has 0 unspecified atom stereocenters. The van der Waals surface area contributed by atoms with E-state index in [1.54, 1.807) is 0 Å². The minimum absolute atomic E-state index is 0. The van der Waals surface area contributed by atoms with Gasteiger partial charge in [-0.15, -0.1) is 0 Å². The average Bonchev–Trinajstić information content (AvgIpc) is 1.91. The van der Waals surface area contributed by atoms with Crippen LogP contribution in [0, 0.1) is 0 Å². The predicted octanol–water partition coefficient (Wildman–Crippen LogP) is -1.63. The maximum absolute atomic E-state index is 9.86. The molecule has 0 aliphatic rings. The second-order valence-electron chi connectivity index (χ2n) is 1.63. The number of hydrogen-bond acceptors (Lipinski definition) is 1. The zero-order chi connectivity index (χ0) is 6.53. The molecule has 1 aromatic rings. The van der Waals surface area contributed by atoms with Crippen LogP contribution >= 0.6 is 0 Å². The Bertz CT molecular complexity index is 193. The summed E-state index contributed by atoms with van der Waals surface area (Å²) in [5.74, 6) is 0. The summed E-state index contributed by atoms with van der Waals surface area (Å²) in [6.45, 7) is 0. The van der Waals surface area contributed by atoms with Gasteiger partial charge in [0.25, 0.3) is 0 Å². The first-order valence-corrected chi connectivity index (χ1v) is 2.69. The van der Waals surface area contributed by atoms with E-state index in [0.29, 0.717) is 6.41 Å². The molecule has 0 aliphatic heterocycles. The Hall–Kier alpha value is -0.310. The number of anilines is 1. The van der Waals surface area contributed by atoms with Gasteiger partial charge in [0.2, 0.25) is 6.41 Å². The smallest absolute Gasteiger partial charge is 1.00 e. The second kappa shape index (κ2) is 5.47. The van der Waals surface area contributed by atoms with Crippen LogP contribution in [0.15, 0.2) is 30.3 Å². The van der Waals surface area contributed by atoms with Crippen molar-refractivity contribution < 1.29 is 35.8 Å². The Labute approximate surface area is 83.4 Å². The normalized spacial score (nSPS) is 7.60. The van der Waals surface area contributed by atoms with Gasteiger partial charge in [-0.2, -0.15) is 0 Å². The second-order valence-corrected chi connectivity index (χ2v) is 1.63. The van der Waals surface area contributed by atoms with Gasteiger partial charge in [0, 0.05) is 5.69 Å². The van der Waals surface area contributed by atoms with E-state index in [1.165, 1.54) is 0 Å². The van der Waals surface area contributed by atoms with E-state index < -0.39 is 0 Å². The fraction of sp³-hybridized carbons (Fsp3) is 0. The van der Waals surface area contributed by atoms with Gasteiger partial charge in [-0.25, -0.2) is 0 Å². The van der Waals surface area contributed by atoms with Crippen molar-refractivity contribution in [1.82, 2.24) is 0 Å². The molecule has 0 saturated carbocycles. The Morgan fingerprint density at radius 2 is 1.90 bits per heavy atom. The summed E-state index contributed by atoms with van der Waals surface area (Å²) in [7, 11) is 0. The molecule has 0 heterocycles. The first-order valence-electron chi connectivity index (χ1n) is 2.69. The fourth-order valence-corrected chi connectivity index (χ4v) is 0.602. The molecule has 1 aromatic carbocycles. The average molecular weight is 145 g/mol. The van der Waals surface area contributed by atoms with Crippen molar-refractivity contribution in [2.45, 2.75) is 0 Å². The third-order valence-corrected chi connectivity index (χ3v) is 0.999. The van der Waals surface area contributed by atoms with Crippen LogP contribution in [0.2, 0.25) is 0 Å². The van der Waals surface area contributed by atoms with Crippen LogP contribution in [0.1, 0.15) is 1.43 Å². The van der Waals surface area contributed by atoms with Crippen LogP contribution in [0.3, 0.4) is 0 Å². The fourth-order valence-electron chi connectivity index (χ4n) is 0.602. The number of amides is 1. The molecule has 2 nitrogen and oxygen atoms in total. The third kappa shape index (κ3) is 3.01. The van der Waals surface area contributed by atoms with Crippen LogP contribution in [-0.2, 0) is 4.79 Å². The van der Waals surface area contributed by atoms with Crippen molar-refractivity contribution in [1.29, 1.82) is 0 Å². The molecule has 1 rings (SSSR count). The van der Waals surface area contributed by atoms with Gasteiger partial charge in [0.1, 0.15) is 0 Å². The molecule has 1 N–H and O–H groups in total. The molecule has 0 spiro atoms. The number of hydrogen-bond donors (Lipinski definition) is 1. The summed E-state index contributed by atoms with van der Waals surface area (Å²) in [4.78, 5) is 9.86. The quantitative estimate of drug-likeness (QED) is 0.393. The Morgan fingerprint density at radius 1 is 1.30 bits per heavy atom. The molecular weight excluding hydrogens is 137 g/mol. The van der Waals surface area contributed by atoms with Crippen LogP contribution in [0.4, 0.5) is 5.69 Å². The number of benzene rings is 1. The first kappa shape index (κ1) is 9.69. The number of para-hydroxylation sites is 1. The summed E-state index contributed by atoms with van der Waals surface area (Å²) in [6, 6.07) is 9.29. The third-order valence-electron chi connectivity index (χ3n) is 0.999. The SMILES string of the molecule is O=CNc1ccccc1.[H-].[Na+]. The standard InChI is InChI=1S/C7H7NO.Na.H/c9-6-8-7-4-2-1-3-5-7;;/h1-6H,(H,8,9);;/q;+1;-1. The molecule has 48 valence electrons. The number of carbonyl (C=O) groups is 1. The van der Waals surface area contributed by atoms with Gasteiger partial charge in [0.15, 0.2) is 0 Å². The molecule has 10 heavy (non-hydrogen) atoms. The first-order chi connectivity index (χ1) is 4.43. The van der Waals surface area contributed by atoms with Crippen molar-refractivity contribution in [2.75, 3.05) is 5.32 Å². The van der Waals surface area contributed by atoms with E-state index in [-0.39, 0.29) is 31.0 Å². The summed E-state index contributed by atoms with van der Waals surface area (Å²) in [5, 5.41) is 2.53. The van der Waals surface area contributed by atoms with Crippen LogP contribution < -0.4 is 34.9 Å². The summed E-state index contributed by atoms with van der Waals surface area (Å²) in [5.41, 5.74) is 0.826.